The molecule has 122 heavy (non-hydrogen) atoms. The number of hydrogen-bond acceptors (Lipinski definition) is 24. The molecule has 5 N–H and O–H groups in total. The number of carbonyl (C=O) groups is 10. The van der Waals surface area contributed by atoms with E-state index >= 15 is 0 Å². The Labute approximate surface area is 712 Å². The molecule has 6 amide bonds. The number of benzene rings is 5. The Kier molecular flexibility index (Phi) is 31.8. The van der Waals surface area contributed by atoms with Gasteiger partial charge in [0.05, 0.1) is 124 Å². The highest BCUT2D eigenvalue weighted by atomic mass is 16.5. The molecule has 5 aromatic rings. The number of carboxylic acid groups (broad SMARTS) is 1. The number of carbonyl (C=O) groups excluding carboxylic acids is 9. The van der Waals surface area contributed by atoms with Crippen molar-refractivity contribution in [3.63, 3.8) is 0 Å². The third kappa shape index (κ3) is 25.0. The number of nitrogens with one attached hydrogen (secondary N) is 2. The predicted octanol–water partition coefficient (Wildman–Crippen LogP) is 6.99. The Bertz CT molecular complexity index is 4640. The first-order valence-electron chi connectivity index (χ1n) is 42.0. The van der Waals surface area contributed by atoms with E-state index in [0.717, 1.165) is 78.0 Å². The summed E-state index contributed by atoms with van der Waals surface area (Å²) in [6.45, 7) is 20.1. The van der Waals surface area contributed by atoms with E-state index in [1.54, 1.807) is 102 Å². The molecule has 0 bridgehead atoms. The number of amidine groups is 1. The molecule has 10 heterocycles. The van der Waals surface area contributed by atoms with E-state index in [1.807, 2.05) is 24.5 Å². The van der Waals surface area contributed by atoms with Crippen LogP contribution in [-0.2, 0) is 72.2 Å². The van der Waals surface area contributed by atoms with Crippen molar-refractivity contribution in [3.8, 4) is 6.07 Å². The lowest BCUT2D eigenvalue weighted by Crippen LogP contribution is -2.56. The average molecular weight is 1670 g/mol. The number of carboxylic acids is 1. The highest BCUT2D eigenvalue weighted by Crippen LogP contribution is 2.37. The molecular weight excluding hydrogens is 1560 g/mol. The summed E-state index contributed by atoms with van der Waals surface area (Å²) in [7, 11) is 0. The van der Waals surface area contributed by atoms with Gasteiger partial charge in [-0.1, -0.05) is 103 Å². The normalized spacial score (nSPS) is 19.1. The van der Waals surface area contributed by atoms with E-state index in [1.165, 1.54) is 65.1 Å². The van der Waals surface area contributed by atoms with Gasteiger partial charge in [-0.3, -0.25) is 97.9 Å². The summed E-state index contributed by atoms with van der Waals surface area (Å²) in [6, 6.07) is 46.8. The fourth-order valence-corrected chi connectivity index (χ4v) is 16.6. The number of esters is 3. The summed E-state index contributed by atoms with van der Waals surface area (Å²) < 4.78 is 14.5. The van der Waals surface area contributed by atoms with Crippen molar-refractivity contribution < 1.29 is 67.3 Å². The molecule has 10 aliphatic rings. The van der Waals surface area contributed by atoms with Crippen LogP contribution in [0.25, 0.3) is 0 Å². The lowest BCUT2D eigenvalue weighted by molar-refractivity contribution is -0.150. The zero-order valence-corrected chi connectivity index (χ0v) is 70.0. The molecule has 0 unspecified atom stereocenters. The molecule has 646 valence electrons. The smallest absolute Gasteiger partial charge is 0.315 e. The Morgan fingerprint density at radius 2 is 0.795 bits per heavy atom. The predicted molar refractivity (Wildman–Crippen MR) is 459 cm³/mol. The van der Waals surface area contributed by atoms with Crippen molar-refractivity contribution >= 4 is 96.8 Å². The highest BCUT2D eigenvalue weighted by Gasteiger charge is 2.47. The van der Waals surface area contributed by atoms with Crippen molar-refractivity contribution in [2.24, 2.45) is 30.7 Å². The first kappa shape index (κ1) is 90.6. The van der Waals surface area contributed by atoms with E-state index in [9.17, 15) is 47.9 Å². The number of rotatable bonds is 20. The van der Waals surface area contributed by atoms with Gasteiger partial charge >= 0.3 is 23.9 Å². The van der Waals surface area contributed by atoms with E-state index < -0.39 is 47.3 Å². The molecule has 0 aliphatic carbocycles. The topological polar surface area (TPSA) is 395 Å². The van der Waals surface area contributed by atoms with Crippen molar-refractivity contribution in [1.29, 1.82) is 10.7 Å². The Morgan fingerprint density at radius 3 is 1.16 bits per heavy atom. The van der Waals surface area contributed by atoms with Gasteiger partial charge in [0, 0.05) is 102 Å². The quantitative estimate of drug-likeness (QED) is 0.0200. The summed E-state index contributed by atoms with van der Waals surface area (Å²) in [6.07, 6.45) is 15.3. The molecule has 32 heteroatoms. The maximum absolute atomic E-state index is 12.7. The molecule has 5 aromatic carbocycles. The van der Waals surface area contributed by atoms with Crippen LogP contribution in [0.2, 0.25) is 0 Å². The first-order valence-corrected chi connectivity index (χ1v) is 42.0. The summed E-state index contributed by atoms with van der Waals surface area (Å²) in [5.41, 5.74) is 10.6. The van der Waals surface area contributed by atoms with E-state index in [2.05, 4.69) is 124 Å². The fraction of sp³-hybridized carbons (Fsp3) is 0.478. The minimum atomic E-state index is -1.16. The van der Waals surface area contributed by atoms with Gasteiger partial charge in [-0.2, -0.15) is 5.26 Å². The first-order chi connectivity index (χ1) is 58.8. The van der Waals surface area contributed by atoms with Crippen molar-refractivity contribution in [3.05, 3.63) is 178 Å². The van der Waals surface area contributed by atoms with Crippen molar-refractivity contribution in [2.45, 2.75) is 158 Å². The van der Waals surface area contributed by atoms with E-state index in [0.29, 0.717) is 114 Å². The molecule has 0 radical (unpaired) electrons. The Balaban J connectivity index is 0.000000150. The SMILES string of the molecule is C1=NCC2(CCN(Cc3ccccc3)CC2)N1.CCOC(=O)CC(=O)N1C=NC2(CCN(C(=O)c3ccc(C#N)cc3)CC2)C1.CCOC(=O)CC(=O)N1C=NC2(CCN(Cc3ccccc3)CC2)C1.CCOC(=O)CC(=O)N1C=NCC12CCN(Cc1ccccc1)CC2.N=C(N)c1ccc(C(=O)N2CCC3(CC2)CN(C(=O)CC(=O)O)C=N3)cc1. The largest absolute Gasteiger partial charge is 0.481 e. The molecule has 0 saturated carbocycles. The van der Waals surface area contributed by atoms with Gasteiger partial charge < -0.3 is 54.9 Å². The van der Waals surface area contributed by atoms with Crippen LogP contribution in [0.15, 0.2) is 164 Å². The Hall–Kier alpha value is -12.2. The number of ether oxygens (including phenoxy) is 3. The lowest BCUT2D eigenvalue weighted by atomic mass is 9.86. The minimum Gasteiger partial charge on any atom is -0.481 e. The number of aliphatic carboxylic acids is 1. The van der Waals surface area contributed by atoms with Crippen LogP contribution in [0.3, 0.4) is 0 Å². The van der Waals surface area contributed by atoms with Gasteiger partial charge in [-0.25, -0.2) is 0 Å². The van der Waals surface area contributed by atoms with Crippen LogP contribution < -0.4 is 11.1 Å². The third-order valence-electron chi connectivity index (χ3n) is 23.9. The number of nitrogen functional groups attached to an aromatic ring is 1. The van der Waals surface area contributed by atoms with Crippen LogP contribution >= 0.6 is 0 Å². The standard InChI is InChI=1S/C20H22N4O4.2C19H25N3O3.C18H21N5O4.C14H19N3/c1-2-28-18(26)11-17(25)24-13-20(22-14-24)7-9-23(10-8-20)19(27)16-5-3-15(12-21)4-6-16;1-2-25-18(24)12-17(23)22-14-19(20-15-22)8-10-21(11-9-19)13-16-6-4-3-5-7-16;1-2-25-18(24)12-17(23)22-15-20-14-19(22)8-10-21(11-9-19)13-16-6-4-3-5-7-16;19-16(20)12-1-3-13(4-2-12)17(27)22-7-5-18(6-8-22)10-23(11-21-18)14(24)9-15(25)26;1-2-4-13(5-3-1)10-17-8-6-14(7-9-17)11-15-12-16-14/h3-6,14H,2,7-11,13H2,1H3;2*3-7,15H,2,8-14H2,1H3;1-4,11H,5-10H2,(H3,19,20)(H,25,26);1-5,12H,6-11H2,(H,15,16). The number of amides is 6. The van der Waals surface area contributed by atoms with Crippen LogP contribution in [0.5, 0.6) is 0 Å². The third-order valence-corrected chi connectivity index (χ3v) is 23.9. The van der Waals surface area contributed by atoms with Crippen molar-refractivity contribution in [2.75, 3.05) is 118 Å². The molecule has 0 aromatic heterocycles. The van der Waals surface area contributed by atoms with Gasteiger partial charge in [-0.15, -0.1) is 0 Å². The number of hydrogen-bond donors (Lipinski definition) is 4. The number of aliphatic imine (C=N–C) groups is 5. The average Bonchev–Trinajstić information content (AvgIpc) is 1.62. The molecule has 5 spiro atoms. The second-order valence-electron chi connectivity index (χ2n) is 32.4. The van der Waals surface area contributed by atoms with Gasteiger partial charge in [-0.05, 0) is 138 Å². The number of likely N-dealkylation sites (tertiary alicyclic amines) is 5. The monoisotopic (exact) mass is 1670 g/mol. The van der Waals surface area contributed by atoms with Crippen LogP contribution in [0.4, 0.5) is 0 Å². The maximum Gasteiger partial charge on any atom is 0.315 e. The Morgan fingerprint density at radius 1 is 0.443 bits per heavy atom. The molecule has 5 fully saturated rings. The molecule has 15 rings (SSSR count). The number of nitrogens with zero attached hydrogens (tertiary/aromatic N) is 15. The van der Waals surface area contributed by atoms with Gasteiger partial charge in [0.25, 0.3) is 11.8 Å². The van der Waals surface area contributed by atoms with Crippen molar-refractivity contribution in [1.82, 2.24) is 49.4 Å². The number of nitriles is 1. The van der Waals surface area contributed by atoms with E-state index in [4.69, 9.17) is 35.7 Å². The van der Waals surface area contributed by atoms with Gasteiger partial charge in [0.15, 0.2) is 0 Å². The zero-order valence-electron chi connectivity index (χ0n) is 70.0. The number of piperidine rings is 5. The summed E-state index contributed by atoms with van der Waals surface area (Å²) >= 11 is 0. The van der Waals surface area contributed by atoms with Crippen LogP contribution in [0, 0.1) is 16.7 Å². The molecule has 32 nitrogen and oxygen atoms in total. The summed E-state index contributed by atoms with van der Waals surface area (Å²) in [4.78, 5) is 159. The molecule has 10 aliphatic heterocycles. The highest BCUT2D eigenvalue weighted by molar-refractivity contribution is 6.03. The molecule has 5 saturated heterocycles. The fourth-order valence-electron chi connectivity index (χ4n) is 16.6. The van der Waals surface area contributed by atoms with Gasteiger partial charge in [0.1, 0.15) is 31.5 Å². The number of nitrogens with two attached hydrogens (primary N) is 1. The van der Waals surface area contributed by atoms with E-state index in [-0.39, 0.29) is 77.9 Å². The maximum atomic E-state index is 12.7. The zero-order chi connectivity index (χ0) is 86.7. The van der Waals surface area contributed by atoms with Crippen LogP contribution in [0.1, 0.15) is 159 Å². The second-order valence-corrected chi connectivity index (χ2v) is 32.4. The second kappa shape index (κ2) is 42.8. The van der Waals surface area contributed by atoms with Crippen LogP contribution in [-0.4, -0.2) is 292 Å². The molecular formula is C90H112N18O14. The van der Waals surface area contributed by atoms with Gasteiger partial charge in [0.2, 0.25) is 23.6 Å². The summed E-state index contributed by atoms with van der Waals surface area (Å²) in [5.74, 6) is -4.10. The summed E-state index contributed by atoms with van der Waals surface area (Å²) in [5, 5.41) is 28.4. The molecule has 0 atom stereocenters. The lowest BCUT2D eigenvalue weighted by Gasteiger charge is -2.43. The minimum absolute atomic E-state index is 0.0463.